The standard InChI is InChI=1S/C18H16N4O4S2/c1-26-15-8-4-13(5-9-15)17-20-21-18(28-17)19-16(23)11-27-10-12-2-6-14(7-3-12)22(24)25/h2-9H,10-11H2,1H3,(H,19,21,23). The van der Waals surface area contributed by atoms with Gasteiger partial charge in [0.05, 0.1) is 17.8 Å². The largest absolute Gasteiger partial charge is 0.497 e. The van der Waals surface area contributed by atoms with Crippen molar-refractivity contribution in [3.8, 4) is 16.3 Å². The van der Waals surface area contributed by atoms with Crippen molar-refractivity contribution in [1.29, 1.82) is 0 Å². The van der Waals surface area contributed by atoms with Crippen molar-refractivity contribution in [2.75, 3.05) is 18.2 Å². The predicted octanol–water partition coefficient (Wildman–Crippen LogP) is 3.99. The zero-order valence-electron chi connectivity index (χ0n) is 14.8. The Kier molecular flexibility index (Phi) is 6.56. The molecular formula is C18H16N4O4S2. The van der Waals surface area contributed by atoms with E-state index in [-0.39, 0.29) is 17.3 Å². The van der Waals surface area contributed by atoms with E-state index >= 15 is 0 Å². The second kappa shape index (κ2) is 9.29. The molecule has 144 valence electrons. The summed E-state index contributed by atoms with van der Waals surface area (Å²) < 4.78 is 5.13. The van der Waals surface area contributed by atoms with Gasteiger partial charge in [0, 0.05) is 23.4 Å². The fourth-order valence-corrected chi connectivity index (χ4v) is 3.81. The summed E-state index contributed by atoms with van der Waals surface area (Å²) in [5, 5.41) is 22.6. The van der Waals surface area contributed by atoms with E-state index in [1.165, 1.54) is 35.2 Å². The number of hydrogen-bond donors (Lipinski definition) is 1. The monoisotopic (exact) mass is 416 g/mol. The maximum absolute atomic E-state index is 12.1. The van der Waals surface area contributed by atoms with Crippen molar-refractivity contribution in [2.24, 2.45) is 0 Å². The molecule has 1 aromatic heterocycles. The van der Waals surface area contributed by atoms with Gasteiger partial charge in [-0.15, -0.1) is 22.0 Å². The lowest BCUT2D eigenvalue weighted by molar-refractivity contribution is -0.384. The highest BCUT2D eigenvalue weighted by atomic mass is 32.2. The molecule has 0 bridgehead atoms. The molecule has 0 spiro atoms. The number of non-ortho nitro benzene ring substituents is 1. The van der Waals surface area contributed by atoms with Crippen LogP contribution in [0.4, 0.5) is 10.8 Å². The van der Waals surface area contributed by atoms with E-state index in [1.54, 1.807) is 19.2 Å². The summed E-state index contributed by atoms with van der Waals surface area (Å²) in [6.07, 6.45) is 0. The third kappa shape index (κ3) is 5.27. The van der Waals surface area contributed by atoms with Crippen LogP contribution < -0.4 is 10.1 Å². The summed E-state index contributed by atoms with van der Waals surface area (Å²) in [4.78, 5) is 22.3. The lowest BCUT2D eigenvalue weighted by Crippen LogP contribution is -2.13. The van der Waals surface area contributed by atoms with Crippen LogP contribution in [0.5, 0.6) is 5.75 Å². The maximum atomic E-state index is 12.1. The Bertz CT molecular complexity index is 958. The summed E-state index contributed by atoms with van der Waals surface area (Å²) in [6.45, 7) is 0. The summed E-state index contributed by atoms with van der Waals surface area (Å²) in [5.41, 5.74) is 1.86. The Morgan fingerprint density at radius 3 is 2.54 bits per heavy atom. The van der Waals surface area contributed by atoms with Crippen LogP contribution in [-0.4, -0.2) is 33.9 Å². The van der Waals surface area contributed by atoms with Gasteiger partial charge in [-0.2, -0.15) is 0 Å². The molecular weight excluding hydrogens is 400 g/mol. The number of aromatic nitrogens is 2. The fraction of sp³-hybridized carbons (Fsp3) is 0.167. The number of amides is 1. The Hall–Kier alpha value is -2.98. The molecule has 0 aliphatic rings. The Labute approximate surface area is 169 Å². The molecule has 8 nitrogen and oxygen atoms in total. The van der Waals surface area contributed by atoms with Crippen molar-refractivity contribution in [3.63, 3.8) is 0 Å². The number of nitrogens with one attached hydrogen (secondary N) is 1. The van der Waals surface area contributed by atoms with Gasteiger partial charge in [-0.05, 0) is 29.8 Å². The molecule has 0 aliphatic carbocycles. The van der Waals surface area contributed by atoms with Crippen molar-refractivity contribution >= 4 is 39.8 Å². The quantitative estimate of drug-likeness (QED) is 0.437. The normalized spacial score (nSPS) is 10.5. The molecule has 1 heterocycles. The smallest absolute Gasteiger partial charge is 0.269 e. The van der Waals surface area contributed by atoms with E-state index in [2.05, 4.69) is 15.5 Å². The molecule has 0 aliphatic heterocycles. The molecule has 0 radical (unpaired) electrons. The average Bonchev–Trinajstić information content (AvgIpc) is 3.17. The predicted molar refractivity (Wildman–Crippen MR) is 110 cm³/mol. The molecule has 3 rings (SSSR count). The molecule has 1 N–H and O–H groups in total. The van der Waals surface area contributed by atoms with Crippen molar-refractivity contribution in [3.05, 3.63) is 64.2 Å². The molecule has 0 fully saturated rings. The fourth-order valence-electron chi connectivity index (χ4n) is 2.25. The average molecular weight is 416 g/mol. The first-order valence-electron chi connectivity index (χ1n) is 8.14. The van der Waals surface area contributed by atoms with Gasteiger partial charge in [-0.25, -0.2) is 0 Å². The first-order chi connectivity index (χ1) is 13.5. The number of anilines is 1. The van der Waals surface area contributed by atoms with Crippen LogP contribution in [0, 0.1) is 10.1 Å². The minimum Gasteiger partial charge on any atom is -0.497 e. The zero-order chi connectivity index (χ0) is 19.9. The summed E-state index contributed by atoms with van der Waals surface area (Å²) in [6, 6.07) is 13.7. The van der Waals surface area contributed by atoms with Gasteiger partial charge in [0.2, 0.25) is 11.0 Å². The van der Waals surface area contributed by atoms with Crippen molar-refractivity contribution in [2.45, 2.75) is 5.75 Å². The number of nitrogens with zero attached hydrogens (tertiary/aromatic N) is 3. The molecule has 28 heavy (non-hydrogen) atoms. The highest BCUT2D eigenvalue weighted by Crippen LogP contribution is 2.28. The van der Waals surface area contributed by atoms with Crippen LogP contribution >= 0.6 is 23.1 Å². The minimum atomic E-state index is -0.438. The van der Waals surface area contributed by atoms with E-state index in [1.807, 2.05) is 24.3 Å². The summed E-state index contributed by atoms with van der Waals surface area (Å²) in [7, 11) is 1.60. The highest BCUT2D eigenvalue weighted by Gasteiger charge is 2.10. The number of benzene rings is 2. The van der Waals surface area contributed by atoms with E-state index < -0.39 is 4.92 Å². The number of methoxy groups -OCH3 is 1. The first-order valence-corrected chi connectivity index (χ1v) is 10.1. The number of nitro groups is 1. The Balaban J connectivity index is 1.48. The van der Waals surface area contributed by atoms with E-state index in [0.717, 1.165) is 16.9 Å². The van der Waals surface area contributed by atoms with Crippen LogP contribution in [0.3, 0.4) is 0 Å². The topological polar surface area (TPSA) is 107 Å². The van der Waals surface area contributed by atoms with E-state index in [4.69, 9.17) is 4.74 Å². The third-order valence-corrected chi connectivity index (χ3v) is 5.55. The number of carbonyl (C=O) groups excluding carboxylic acids is 1. The van der Waals surface area contributed by atoms with Gasteiger partial charge in [-0.1, -0.05) is 23.5 Å². The molecule has 0 saturated carbocycles. The lowest BCUT2D eigenvalue weighted by Gasteiger charge is -2.02. The summed E-state index contributed by atoms with van der Waals surface area (Å²) >= 11 is 2.71. The van der Waals surface area contributed by atoms with E-state index in [0.29, 0.717) is 15.9 Å². The second-order valence-electron chi connectivity index (χ2n) is 5.61. The lowest BCUT2D eigenvalue weighted by atomic mass is 10.2. The molecule has 1 amide bonds. The van der Waals surface area contributed by atoms with Gasteiger partial charge < -0.3 is 4.74 Å². The van der Waals surface area contributed by atoms with Crippen LogP contribution in [0.15, 0.2) is 48.5 Å². The first kappa shape index (κ1) is 19.8. The van der Waals surface area contributed by atoms with Gasteiger partial charge in [0.15, 0.2) is 0 Å². The second-order valence-corrected chi connectivity index (χ2v) is 7.57. The molecule has 10 heteroatoms. The Morgan fingerprint density at radius 2 is 1.89 bits per heavy atom. The number of hydrogen-bond acceptors (Lipinski definition) is 8. The van der Waals surface area contributed by atoms with Gasteiger partial charge in [0.1, 0.15) is 10.8 Å². The zero-order valence-corrected chi connectivity index (χ0v) is 16.5. The number of thioether (sulfide) groups is 1. The molecule has 2 aromatic carbocycles. The van der Waals surface area contributed by atoms with Crippen LogP contribution in [0.1, 0.15) is 5.56 Å². The summed E-state index contributed by atoms with van der Waals surface area (Å²) in [5.74, 6) is 1.41. The maximum Gasteiger partial charge on any atom is 0.269 e. The third-order valence-electron chi connectivity index (χ3n) is 3.66. The van der Waals surface area contributed by atoms with Crippen LogP contribution in [0.25, 0.3) is 10.6 Å². The minimum absolute atomic E-state index is 0.0513. The number of carbonyl (C=O) groups is 1. The molecule has 0 saturated heterocycles. The van der Waals surface area contributed by atoms with Crippen LogP contribution in [0.2, 0.25) is 0 Å². The SMILES string of the molecule is COc1ccc(-c2nnc(NC(=O)CSCc3ccc([N+](=O)[O-])cc3)s2)cc1. The molecule has 0 atom stereocenters. The number of rotatable bonds is 8. The van der Waals surface area contributed by atoms with Crippen molar-refractivity contribution in [1.82, 2.24) is 10.2 Å². The van der Waals surface area contributed by atoms with E-state index in [9.17, 15) is 14.9 Å². The van der Waals surface area contributed by atoms with Crippen LogP contribution in [-0.2, 0) is 10.5 Å². The number of ether oxygens (including phenoxy) is 1. The van der Waals surface area contributed by atoms with Gasteiger partial charge >= 0.3 is 0 Å². The molecule has 0 unspecified atom stereocenters. The molecule has 3 aromatic rings. The van der Waals surface area contributed by atoms with Crippen molar-refractivity contribution < 1.29 is 14.5 Å². The van der Waals surface area contributed by atoms with Gasteiger partial charge in [-0.3, -0.25) is 20.2 Å². The number of nitro benzene ring substituents is 1. The Morgan fingerprint density at radius 1 is 1.18 bits per heavy atom. The van der Waals surface area contributed by atoms with Gasteiger partial charge in [0.25, 0.3) is 5.69 Å². The highest BCUT2D eigenvalue weighted by molar-refractivity contribution is 7.99.